The predicted molar refractivity (Wildman–Crippen MR) is 48.4 cm³/mol. The van der Waals surface area contributed by atoms with Crippen LogP contribution in [0, 0.1) is 0 Å². The zero-order valence-corrected chi connectivity index (χ0v) is 7.78. The summed E-state index contributed by atoms with van der Waals surface area (Å²) < 4.78 is 35.9. The fourth-order valence-electron chi connectivity index (χ4n) is 0.819. The second-order valence-electron chi connectivity index (χ2n) is 2.75. The molecule has 0 heterocycles. The van der Waals surface area contributed by atoms with Gasteiger partial charge in [-0.2, -0.15) is 13.2 Å². The Morgan fingerprint density at radius 3 is 2.23 bits per heavy atom. The van der Waals surface area contributed by atoms with Crippen molar-refractivity contribution in [3.8, 4) is 0 Å². The Morgan fingerprint density at radius 1 is 1.38 bits per heavy atom. The molecule has 74 valence electrons. The van der Waals surface area contributed by atoms with Crippen molar-refractivity contribution in [2.75, 3.05) is 0 Å². The van der Waals surface area contributed by atoms with Crippen molar-refractivity contribution in [2.24, 2.45) is 0 Å². The summed E-state index contributed by atoms with van der Waals surface area (Å²) in [5.74, 6) is 0. The Labute approximate surface area is 76.5 Å². The largest absolute Gasteiger partial charge is 0.393 e. The Hall–Kier alpha value is -0.990. The third kappa shape index (κ3) is 6.20. The van der Waals surface area contributed by atoms with E-state index in [1.54, 1.807) is 13.8 Å². The van der Waals surface area contributed by atoms with Crippen molar-refractivity contribution in [1.29, 1.82) is 0 Å². The highest BCUT2D eigenvalue weighted by atomic mass is 19.4. The third-order valence-electron chi connectivity index (χ3n) is 1.51. The first-order valence-electron chi connectivity index (χ1n) is 3.91. The summed E-state index contributed by atoms with van der Waals surface area (Å²) in [7, 11) is 0. The quantitative estimate of drug-likeness (QED) is 0.589. The molecule has 0 unspecified atom stereocenters. The molecule has 0 amide bonds. The fraction of sp³-hybridized carbons (Fsp3) is 0.400. The molecule has 0 bridgehead atoms. The van der Waals surface area contributed by atoms with E-state index < -0.39 is 12.6 Å². The second-order valence-corrected chi connectivity index (χ2v) is 2.75. The standard InChI is InChI=1S/C10H13F3/c1-4-8(3)6-9(5-2)7-10(11,12)13/h4-6H,1,7H2,2-3H3/b8-6-,9-5+. The van der Waals surface area contributed by atoms with Crippen molar-refractivity contribution < 1.29 is 13.2 Å². The van der Waals surface area contributed by atoms with Crippen LogP contribution in [0.2, 0.25) is 0 Å². The molecule has 0 atom stereocenters. The van der Waals surface area contributed by atoms with E-state index >= 15 is 0 Å². The normalized spacial score (nSPS) is 14.5. The molecular weight excluding hydrogens is 177 g/mol. The maximum atomic E-state index is 12.0. The molecule has 0 saturated carbocycles. The Balaban J connectivity index is 4.48. The highest BCUT2D eigenvalue weighted by molar-refractivity contribution is 5.27. The van der Waals surface area contributed by atoms with Crippen LogP contribution in [0.3, 0.4) is 0 Å². The molecule has 0 aliphatic rings. The number of allylic oxidation sites excluding steroid dienone is 5. The van der Waals surface area contributed by atoms with E-state index in [1.807, 2.05) is 0 Å². The Bertz CT molecular complexity index is 231. The molecule has 0 aromatic heterocycles. The van der Waals surface area contributed by atoms with Crippen LogP contribution in [-0.2, 0) is 0 Å². The number of rotatable bonds is 3. The first-order chi connectivity index (χ1) is 5.89. The van der Waals surface area contributed by atoms with E-state index in [9.17, 15) is 13.2 Å². The molecule has 0 radical (unpaired) electrons. The highest BCUT2D eigenvalue weighted by Gasteiger charge is 2.27. The van der Waals surface area contributed by atoms with Crippen LogP contribution in [0.1, 0.15) is 20.3 Å². The molecule has 0 nitrogen and oxygen atoms in total. The van der Waals surface area contributed by atoms with E-state index in [0.29, 0.717) is 0 Å². The minimum atomic E-state index is -4.14. The van der Waals surface area contributed by atoms with E-state index in [4.69, 9.17) is 0 Å². The lowest BCUT2D eigenvalue weighted by molar-refractivity contribution is -0.126. The summed E-state index contributed by atoms with van der Waals surface area (Å²) in [4.78, 5) is 0. The molecule has 0 rings (SSSR count). The van der Waals surface area contributed by atoms with Crippen molar-refractivity contribution in [2.45, 2.75) is 26.4 Å². The molecule has 0 N–H and O–H groups in total. The average Bonchev–Trinajstić information content (AvgIpc) is 2.00. The lowest BCUT2D eigenvalue weighted by Crippen LogP contribution is -2.07. The van der Waals surface area contributed by atoms with Gasteiger partial charge in [0.05, 0.1) is 6.42 Å². The van der Waals surface area contributed by atoms with Gasteiger partial charge in [-0.15, -0.1) is 0 Å². The molecule has 3 heteroatoms. The first-order valence-corrected chi connectivity index (χ1v) is 3.91. The maximum absolute atomic E-state index is 12.0. The third-order valence-corrected chi connectivity index (χ3v) is 1.51. The highest BCUT2D eigenvalue weighted by Crippen LogP contribution is 2.25. The summed E-state index contributed by atoms with van der Waals surface area (Å²) in [5.41, 5.74) is 1.00. The zero-order chi connectivity index (χ0) is 10.5. The van der Waals surface area contributed by atoms with Crippen LogP contribution < -0.4 is 0 Å². The molecule has 0 aromatic carbocycles. The summed E-state index contributed by atoms with van der Waals surface area (Å²) in [6, 6.07) is 0. The van der Waals surface area contributed by atoms with Crippen LogP contribution in [0.25, 0.3) is 0 Å². The molecule has 0 aromatic rings. The molecule has 0 aliphatic carbocycles. The van der Waals surface area contributed by atoms with Gasteiger partial charge in [0, 0.05) is 0 Å². The van der Waals surface area contributed by atoms with Gasteiger partial charge < -0.3 is 0 Å². The lowest BCUT2D eigenvalue weighted by Gasteiger charge is -2.06. The van der Waals surface area contributed by atoms with Crippen LogP contribution in [0.4, 0.5) is 13.2 Å². The van der Waals surface area contributed by atoms with Crippen LogP contribution in [0.5, 0.6) is 0 Å². The number of alkyl halides is 3. The van der Waals surface area contributed by atoms with Crippen molar-refractivity contribution in [3.05, 3.63) is 36.0 Å². The van der Waals surface area contributed by atoms with Gasteiger partial charge in [0.15, 0.2) is 0 Å². The van der Waals surface area contributed by atoms with Gasteiger partial charge in [0.25, 0.3) is 0 Å². The van der Waals surface area contributed by atoms with Gasteiger partial charge in [0.1, 0.15) is 0 Å². The lowest BCUT2D eigenvalue weighted by atomic mass is 10.1. The number of hydrogen-bond acceptors (Lipinski definition) is 0. The molecule has 0 saturated heterocycles. The zero-order valence-electron chi connectivity index (χ0n) is 7.78. The van der Waals surface area contributed by atoms with Crippen molar-refractivity contribution in [3.63, 3.8) is 0 Å². The van der Waals surface area contributed by atoms with Gasteiger partial charge in [0.2, 0.25) is 0 Å². The SMILES string of the molecule is C=C/C(C)=C\C(=C/C)CC(F)(F)F. The molecule has 13 heavy (non-hydrogen) atoms. The summed E-state index contributed by atoms with van der Waals surface area (Å²) in [6.45, 7) is 6.77. The fourth-order valence-corrected chi connectivity index (χ4v) is 0.819. The number of halogens is 3. The van der Waals surface area contributed by atoms with Crippen molar-refractivity contribution in [1.82, 2.24) is 0 Å². The first kappa shape index (κ1) is 12.0. The number of hydrogen-bond donors (Lipinski definition) is 0. The second kappa shape index (κ2) is 4.90. The predicted octanol–water partition coefficient (Wildman–Crippen LogP) is 4.02. The summed E-state index contributed by atoms with van der Waals surface area (Å²) >= 11 is 0. The van der Waals surface area contributed by atoms with Gasteiger partial charge >= 0.3 is 6.18 Å². The molecular formula is C10H13F3. The molecule has 0 aliphatic heterocycles. The minimum absolute atomic E-state index is 0.268. The van der Waals surface area contributed by atoms with E-state index in [1.165, 1.54) is 18.2 Å². The van der Waals surface area contributed by atoms with Crippen LogP contribution >= 0.6 is 0 Å². The average molecular weight is 190 g/mol. The molecule has 0 fully saturated rings. The Morgan fingerprint density at radius 2 is 1.92 bits per heavy atom. The summed E-state index contributed by atoms with van der Waals surface area (Å²) in [5, 5.41) is 0. The van der Waals surface area contributed by atoms with Gasteiger partial charge in [-0.1, -0.05) is 30.4 Å². The van der Waals surface area contributed by atoms with Crippen LogP contribution in [0.15, 0.2) is 36.0 Å². The monoisotopic (exact) mass is 190 g/mol. The van der Waals surface area contributed by atoms with E-state index in [-0.39, 0.29) is 5.57 Å². The van der Waals surface area contributed by atoms with Gasteiger partial charge in [-0.05, 0) is 19.4 Å². The van der Waals surface area contributed by atoms with E-state index in [2.05, 4.69) is 6.58 Å². The van der Waals surface area contributed by atoms with Crippen LogP contribution in [-0.4, -0.2) is 6.18 Å². The molecule has 0 spiro atoms. The van der Waals surface area contributed by atoms with Crippen molar-refractivity contribution >= 4 is 0 Å². The minimum Gasteiger partial charge on any atom is -0.171 e. The maximum Gasteiger partial charge on any atom is 0.393 e. The van der Waals surface area contributed by atoms with E-state index in [0.717, 1.165) is 5.57 Å². The van der Waals surface area contributed by atoms with Gasteiger partial charge in [-0.3, -0.25) is 0 Å². The Kier molecular flexibility index (Phi) is 4.52. The summed E-state index contributed by atoms with van der Waals surface area (Å²) in [6.07, 6.45) is -0.546. The van der Waals surface area contributed by atoms with Gasteiger partial charge in [-0.25, -0.2) is 0 Å². The smallest absolute Gasteiger partial charge is 0.171 e. The topological polar surface area (TPSA) is 0 Å².